The standard InChI is InChI=1S/C22H20N4O2/c1-12-10-13(2)23-15(4)20(12)25-21(27)17-11-18(16-8-6-5-7-9-16)24-22-19(17)14(3)26-28-22/h5-11H,1-4H3,(H,25,27). The van der Waals surface area contributed by atoms with Crippen LogP contribution in [0.3, 0.4) is 0 Å². The van der Waals surface area contributed by atoms with Crippen LogP contribution in [0.2, 0.25) is 0 Å². The summed E-state index contributed by atoms with van der Waals surface area (Å²) in [5, 5.41) is 7.63. The molecule has 0 aliphatic rings. The van der Waals surface area contributed by atoms with Crippen molar-refractivity contribution in [3.63, 3.8) is 0 Å². The maximum absolute atomic E-state index is 13.2. The Hall–Kier alpha value is -3.54. The molecule has 0 radical (unpaired) electrons. The van der Waals surface area contributed by atoms with Crippen LogP contribution in [0.15, 0.2) is 47.0 Å². The summed E-state index contributed by atoms with van der Waals surface area (Å²) < 4.78 is 5.36. The van der Waals surface area contributed by atoms with Gasteiger partial charge in [0.15, 0.2) is 0 Å². The first-order chi connectivity index (χ1) is 13.4. The second kappa shape index (κ2) is 6.88. The molecule has 6 nitrogen and oxygen atoms in total. The molecular weight excluding hydrogens is 352 g/mol. The molecule has 0 unspecified atom stereocenters. The van der Waals surface area contributed by atoms with Crippen LogP contribution in [-0.2, 0) is 0 Å². The molecule has 4 rings (SSSR count). The van der Waals surface area contributed by atoms with E-state index in [1.165, 1.54) is 0 Å². The van der Waals surface area contributed by atoms with Gasteiger partial charge in [-0.2, -0.15) is 0 Å². The van der Waals surface area contributed by atoms with Gasteiger partial charge in [0, 0.05) is 11.3 Å². The van der Waals surface area contributed by atoms with E-state index in [-0.39, 0.29) is 5.91 Å². The Morgan fingerprint density at radius 1 is 0.964 bits per heavy atom. The molecule has 3 heterocycles. The molecule has 1 amide bonds. The lowest BCUT2D eigenvalue weighted by Crippen LogP contribution is -2.15. The Morgan fingerprint density at radius 2 is 1.71 bits per heavy atom. The van der Waals surface area contributed by atoms with Crippen LogP contribution in [0.25, 0.3) is 22.4 Å². The third kappa shape index (κ3) is 3.13. The van der Waals surface area contributed by atoms with Gasteiger partial charge in [-0.25, -0.2) is 4.98 Å². The summed E-state index contributed by atoms with van der Waals surface area (Å²) in [6.07, 6.45) is 0. The number of rotatable bonds is 3. The van der Waals surface area contributed by atoms with Crippen LogP contribution in [0.1, 0.15) is 33.0 Å². The number of pyridine rings is 2. The fraction of sp³-hybridized carbons (Fsp3) is 0.182. The monoisotopic (exact) mass is 372 g/mol. The summed E-state index contributed by atoms with van der Waals surface area (Å²) in [4.78, 5) is 22.2. The highest BCUT2D eigenvalue weighted by Crippen LogP contribution is 2.28. The van der Waals surface area contributed by atoms with Gasteiger partial charge in [0.25, 0.3) is 11.6 Å². The minimum Gasteiger partial charge on any atom is -0.335 e. The summed E-state index contributed by atoms with van der Waals surface area (Å²) in [5.41, 5.74) is 6.39. The smallest absolute Gasteiger partial charge is 0.259 e. The molecule has 140 valence electrons. The Bertz CT molecular complexity index is 1170. The van der Waals surface area contributed by atoms with E-state index in [9.17, 15) is 4.79 Å². The number of amides is 1. The number of carbonyl (C=O) groups is 1. The van der Waals surface area contributed by atoms with Crippen molar-refractivity contribution in [2.24, 2.45) is 0 Å². The van der Waals surface area contributed by atoms with Crippen molar-refractivity contribution in [3.8, 4) is 11.3 Å². The largest absolute Gasteiger partial charge is 0.335 e. The second-order valence-corrected chi connectivity index (χ2v) is 6.86. The maximum atomic E-state index is 13.2. The number of aryl methyl sites for hydroxylation is 4. The van der Waals surface area contributed by atoms with Crippen molar-refractivity contribution in [1.29, 1.82) is 0 Å². The van der Waals surface area contributed by atoms with Gasteiger partial charge in [0.1, 0.15) is 0 Å². The van der Waals surface area contributed by atoms with Gasteiger partial charge in [0.2, 0.25) is 0 Å². The zero-order chi connectivity index (χ0) is 19.8. The van der Waals surface area contributed by atoms with Crippen molar-refractivity contribution in [3.05, 3.63) is 70.7 Å². The third-order valence-electron chi connectivity index (χ3n) is 4.70. The van der Waals surface area contributed by atoms with Crippen LogP contribution in [0.4, 0.5) is 5.69 Å². The highest BCUT2D eigenvalue weighted by molar-refractivity contribution is 6.13. The van der Waals surface area contributed by atoms with Crippen molar-refractivity contribution in [1.82, 2.24) is 15.1 Å². The summed E-state index contributed by atoms with van der Waals surface area (Å²) in [6, 6.07) is 13.4. The first-order valence-corrected chi connectivity index (χ1v) is 9.02. The van der Waals surface area contributed by atoms with E-state index in [0.717, 1.165) is 28.2 Å². The number of benzene rings is 1. The Balaban J connectivity index is 1.83. The van der Waals surface area contributed by atoms with Crippen molar-refractivity contribution >= 4 is 22.7 Å². The summed E-state index contributed by atoms with van der Waals surface area (Å²) >= 11 is 0. The van der Waals surface area contributed by atoms with Crippen molar-refractivity contribution in [2.45, 2.75) is 27.7 Å². The molecule has 0 aliphatic carbocycles. The molecule has 0 atom stereocenters. The zero-order valence-corrected chi connectivity index (χ0v) is 16.2. The van der Waals surface area contributed by atoms with Gasteiger partial charge in [0.05, 0.1) is 33.7 Å². The molecule has 1 N–H and O–H groups in total. The summed E-state index contributed by atoms with van der Waals surface area (Å²) in [6.45, 7) is 7.58. The molecule has 0 saturated carbocycles. The van der Waals surface area contributed by atoms with Gasteiger partial charge in [-0.15, -0.1) is 0 Å². The van der Waals surface area contributed by atoms with Crippen LogP contribution in [0, 0.1) is 27.7 Å². The molecular formula is C22H20N4O2. The molecule has 28 heavy (non-hydrogen) atoms. The van der Waals surface area contributed by atoms with Gasteiger partial charge in [-0.1, -0.05) is 35.5 Å². The number of nitrogens with zero attached hydrogens (tertiary/aromatic N) is 3. The quantitative estimate of drug-likeness (QED) is 0.560. The Kier molecular flexibility index (Phi) is 4.39. The molecule has 0 fully saturated rings. The normalized spacial score (nSPS) is 11.0. The average molecular weight is 372 g/mol. The van der Waals surface area contributed by atoms with E-state index >= 15 is 0 Å². The predicted octanol–water partition coefficient (Wildman–Crippen LogP) is 4.77. The van der Waals surface area contributed by atoms with Crippen LogP contribution in [0.5, 0.6) is 0 Å². The molecule has 0 bridgehead atoms. The maximum Gasteiger partial charge on any atom is 0.259 e. The van der Waals surface area contributed by atoms with E-state index in [1.54, 1.807) is 13.0 Å². The van der Waals surface area contributed by atoms with Gasteiger partial charge < -0.3 is 9.84 Å². The van der Waals surface area contributed by atoms with Gasteiger partial charge in [-0.3, -0.25) is 9.78 Å². The van der Waals surface area contributed by atoms with Crippen LogP contribution < -0.4 is 5.32 Å². The third-order valence-corrected chi connectivity index (χ3v) is 4.70. The molecule has 6 heteroatoms. The zero-order valence-electron chi connectivity index (χ0n) is 16.2. The number of fused-ring (bicyclic) bond motifs is 1. The topological polar surface area (TPSA) is 80.9 Å². The number of hydrogen-bond acceptors (Lipinski definition) is 5. The second-order valence-electron chi connectivity index (χ2n) is 6.86. The van der Waals surface area contributed by atoms with Gasteiger partial charge >= 0.3 is 0 Å². The first-order valence-electron chi connectivity index (χ1n) is 9.02. The average Bonchev–Trinajstić information content (AvgIpc) is 3.05. The highest BCUT2D eigenvalue weighted by Gasteiger charge is 2.20. The van der Waals surface area contributed by atoms with Crippen molar-refractivity contribution < 1.29 is 9.32 Å². The lowest BCUT2D eigenvalue weighted by atomic mass is 10.0. The Morgan fingerprint density at radius 3 is 2.43 bits per heavy atom. The van der Waals surface area contributed by atoms with E-state index in [1.807, 2.05) is 57.2 Å². The lowest BCUT2D eigenvalue weighted by molar-refractivity contribution is 0.102. The highest BCUT2D eigenvalue weighted by atomic mass is 16.5. The minimum absolute atomic E-state index is 0.243. The number of aromatic nitrogens is 3. The first kappa shape index (κ1) is 17.9. The number of carbonyl (C=O) groups excluding carboxylic acids is 1. The number of nitrogens with one attached hydrogen (secondary N) is 1. The summed E-state index contributed by atoms with van der Waals surface area (Å²) in [7, 11) is 0. The van der Waals surface area contributed by atoms with Gasteiger partial charge in [-0.05, 0) is 45.4 Å². The van der Waals surface area contributed by atoms with Crippen LogP contribution in [-0.4, -0.2) is 21.0 Å². The number of hydrogen-bond donors (Lipinski definition) is 1. The van der Waals surface area contributed by atoms with Crippen molar-refractivity contribution in [2.75, 3.05) is 5.32 Å². The number of anilines is 1. The fourth-order valence-corrected chi connectivity index (χ4v) is 3.42. The van der Waals surface area contributed by atoms with Crippen LogP contribution >= 0.6 is 0 Å². The Labute approximate surface area is 162 Å². The molecule has 1 aromatic carbocycles. The van der Waals surface area contributed by atoms with E-state index < -0.39 is 0 Å². The SMILES string of the molecule is Cc1cc(C)c(NC(=O)c2cc(-c3ccccc3)nc3onc(C)c23)c(C)n1. The predicted molar refractivity (Wildman–Crippen MR) is 108 cm³/mol. The molecule has 3 aromatic heterocycles. The molecule has 4 aromatic rings. The van der Waals surface area contributed by atoms with E-state index in [0.29, 0.717) is 28.1 Å². The fourth-order valence-electron chi connectivity index (χ4n) is 3.42. The lowest BCUT2D eigenvalue weighted by Gasteiger charge is -2.13. The molecule has 0 spiro atoms. The van der Waals surface area contributed by atoms with E-state index in [4.69, 9.17) is 4.52 Å². The van der Waals surface area contributed by atoms with E-state index in [2.05, 4.69) is 20.4 Å². The summed E-state index contributed by atoms with van der Waals surface area (Å²) in [5.74, 6) is -0.243. The minimum atomic E-state index is -0.243. The molecule has 0 aliphatic heterocycles. The molecule has 0 saturated heterocycles.